The lowest BCUT2D eigenvalue weighted by Crippen LogP contribution is -2.50. The van der Waals surface area contributed by atoms with Gasteiger partial charge in [-0.05, 0) is 37.6 Å². The molecule has 0 atom stereocenters. The summed E-state index contributed by atoms with van der Waals surface area (Å²) in [5, 5.41) is 4.44. The van der Waals surface area contributed by atoms with Crippen molar-refractivity contribution in [2.75, 3.05) is 26.2 Å². The van der Waals surface area contributed by atoms with E-state index in [1.807, 2.05) is 44.2 Å². The number of carbonyl (C=O) groups excluding carboxylic acids is 1. The number of piperazine rings is 1. The highest BCUT2D eigenvalue weighted by Gasteiger charge is 2.31. The van der Waals surface area contributed by atoms with Gasteiger partial charge in [0, 0.05) is 26.2 Å². The van der Waals surface area contributed by atoms with Gasteiger partial charge in [-0.1, -0.05) is 42.8 Å². The van der Waals surface area contributed by atoms with Crippen LogP contribution >= 0.6 is 0 Å². The quantitative estimate of drug-likeness (QED) is 0.614. The monoisotopic (exact) mass is 438 g/mol. The van der Waals surface area contributed by atoms with E-state index in [2.05, 4.69) is 5.10 Å². The van der Waals surface area contributed by atoms with Crippen molar-refractivity contribution in [2.24, 2.45) is 0 Å². The van der Waals surface area contributed by atoms with Gasteiger partial charge in [0.2, 0.25) is 10.0 Å². The molecule has 1 aliphatic rings. The first kappa shape index (κ1) is 21.3. The molecule has 0 radical (unpaired) electrons. The summed E-state index contributed by atoms with van der Waals surface area (Å²) in [6, 6.07) is 16.6. The zero-order valence-corrected chi connectivity index (χ0v) is 18.5. The molecule has 162 valence electrons. The molecule has 0 spiro atoms. The fraction of sp³-hybridized carbons (Fsp3) is 0.304. The Kier molecular flexibility index (Phi) is 5.93. The van der Waals surface area contributed by atoms with Crippen LogP contribution < -0.4 is 0 Å². The van der Waals surface area contributed by atoms with Crippen LogP contribution in [0.3, 0.4) is 0 Å². The smallest absolute Gasteiger partial charge is 0.257 e. The Morgan fingerprint density at radius 3 is 2.23 bits per heavy atom. The van der Waals surface area contributed by atoms with Crippen molar-refractivity contribution in [3.05, 3.63) is 77.6 Å². The number of aryl methyl sites for hydroxylation is 1. The molecule has 0 N–H and O–H groups in total. The summed E-state index contributed by atoms with van der Waals surface area (Å²) >= 11 is 0. The lowest BCUT2D eigenvalue weighted by atomic mass is 10.1. The summed E-state index contributed by atoms with van der Waals surface area (Å²) in [7, 11) is -3.56. The van der Waals surface area contributed by atoms with Crippen LogP contribution in [-0.4, -0.2) is 59.5 Å². The number of benzene rings is 2. The lowest BCUT2D eigenvalue weighted by molar-refractivity contribution is 0.0696. The molecule has 3 aromatic rings. The van der Waals surface area contributed by atoms with Crippen LogP contribution in [0.1, 0.15) is 28.5 Å². The predicted octanol–water partition coefficient (Wildman–Crippen LogP) is 2.89. The number of sulfonamides is 1. The molecule has 1 saturated heterocycles. The predicted molar refractivity (Wildman–Crippen MR) is 119 cm³/mol. The normalized spacial score (nSPS) is 15.2. The van der Waals surface area contributed by atoms with Gasteiger partial charge in [-0.2, -0.15) is 9.40 Å². The number of nitrogens with zero attached hydrogens (tertiary/aromatic N) is 4. The molecule has 31 heavy (non-hydrogen) atoms. The van der Waals surface area contributed by atoms with Gasteiger partial charge in [0.05, 0.1) is 28.0 Å². The van der Waals surface area contributed by atoms with Crippen molar-refractivity contribution in [3.63, 3.8) is 0 Å². The number of hydrogen-bond acceptors (Lipinski definition) is 4. The van der Waals surface area contributed by atoms with Crippen molar-refractivity contribution < 1.29 is 13.2 Å². The van der Waals surface area contributed by atoms with Gasteiger partial charge in [0.15, 0.2) is 0 Å². The Labute approximate surface area is 183 Å². The van der Waals surface area contributed by atoms with Gasteiger partial charge >= 0.3 is 0 Å². The second kappa shape index (κ2) is 8.64. The Morgan fingerprint density at radius 1 is 0.968 bits per heavy atom. The second-order valence-electron chi connectivity index (χ2n) is 7.62. The highest BCUT2D eigenvalue weighted by atomic mass is 32.2. The molecular formula is C23H26N4O3S. The summed E-state index contributed by atoms with van der Waals surface area (Å²) < 4.78 is 29.1. The standard InChI is InChI=1S/C23H26N4O3S/c1-3-22-21(17-24-27(22)19-7-5-4-6-8-19)23(28)25-13-15-26(16-14-25)31(29,30)20-11-9-18(2)10-12-20/h4-12,17H,3,13-16H2,1-2H3. The fourth-order valence-electron chi connectivity index (χ4n) is 3.85. The van der Waals surface area contributed by atoms with E-state index >= 15 is 0 Å². The van der Waals surface area contributed by atoms with Gasteiger partial charge < -0.3 is 4.90 Å². The minimum absolute atomic E-state index is 0.105. The van der Waals surface area contributed by atoms with Gasteiger partial charge in [0.1, 0.15) is 0 Å². The molecule has 2 aromatic carbocycles. The molecule has 0 saturated carbocycles. The van der Waals surface area contributed by atoms with E-state index in [0.717, 1.165) is 16.9 Å². The zero-order chi connectivity index (χ0) is 22.0. The molecule has 2 heterocycles. The molecule has 0 unspecified atom stereocenters. The fourth-order valence-corrected chi connectivity index (χ4v) is 5.27. The van der Waals surface area contributed by atoms with E-state index in [-0.39, 0.29) is 23.9 Å². The number of carbonyl (C=O) groups is 1. The molecule has 1 aliphatic heterocycles. The Balaban J connectivity index is 1.49. The summed E-state index contributed by atoms with van der Waals surface area (Å²) in [6.45, 7) is 5.17. The van der Waals surface area contributed by atoms with Crippen LogP contribution in [-0.2, 0) is 16.4 Å². The molecule has 7 nitrogen and oxygen atoms in total. The summed E-state index contributed by atoms with van der Waals surface area (Å²) in [6.07, 6.45) is 2.28. The van der Waals surface area contributed by atoms with Crippen LogP contribution in [0.5, 0.6) is 0 Å². The number of rotatable bonds is 5. The average molecular weight is 439 g/mol. The van der Waals surface area contributed by atoms with Gasteiger partial charge in [-0.25, -0.2) is 13.1 Å². The largest absolute Gasteiger partial charge is 0.336 e. The van der Waals surface area contributed by atoms with E-state index in [4.69, 9.17) is 0 Å². The maximum absolute atomic E-state index is 13.2. The summed E-state index contributed by atoms with van der Waals surface area (Å²) in [5.41, 5.74) is 3.34. The third kappa shape index (κ3) is 4.13. The van der Waals surface area contributed by atoms with Crippen LogP contribution in [0.15, 0.2) is 65.7 Å². The molecule has 1 fully saturated rings. The minimum atomic E-state index is -3.56. The number of para-hydroxylation sites is 1. The van der Waals surface area contributed by atoms with Crippen LogP contribution in [0.2, 0.25) is 0 Å². The molecule has 0 aliphatic carbocycles. The van der Waals surface area contributed by atoms with E-state index in [9.17, 15) is 13.2 Å². The van der Waals surface area contributed by atoms with Gasteiger partial charge in [-0.3, -0.25) is 4.79 Å². The van der Waals surface area contributed by atoms with Crippen LogP contribution in [0.25, 0.3) is 5.69 Å². The average Bonchev–Trinajstić information content (AvgIpc) is 3.23. The van der Waals surface area contributed by atoms with Gasteiger partial charge in [-0.15, -0.1) is 0 Å². The highest BCUT2D eigenvalue weighted by Crippen LogP contribution is 2.21. The van der Waals surface area contributed by atoms with Crippen molar-refractivity contribution in [1.29, 1.82) is 0 Å². The minimum Gasteiger partial charge on any atom is -0.336 e. The number of amides is 1. The third-order valence-corrected chi connectivity index (χ3v) is 7.53. The molecule has 0 bridgehead atoms. The molecular weight excluding hydrogens is 412 g/mol. The maximum atomic E-state index is 13.2. The summed E-state index contributed by atoms with van der Waals surface area (Å²) in [5.74, 6) is -0.105. The molecule has 8 heteroatoms. The maximum Gasteiger partial charge on any atom is 0.257 e. The Bertz CT molecular complexity index is 1160. The van der Waals surface area contributed by atoms with E-state index in [0.29, 0.717) is 25.1 Å². The Hall–Kier alpha value is -2.97. The van der Waals surface area contributed by atoms with Crippen molar-refractivity contribution in [1.82, 2.24) is 19.0 Å². The first-order valence-electron chi connectivity index (χ1n) is 10.4. The lowest BCUT2D eigenvalue weighted by Gasteiger charge is -2.34. The topological polar surface area (TPSA) is 75.5 Å². The van der Waals surface area contributed by atoms with Crippen LogP contribution in [0.4, 0.5) is 0 Å². The van der Waals surface area contributed by atoms with Crippen molar-refractivity contribution >= 4 is 15.9 Å². The summed E-state index contributed by atoms with van der Waals surface area (Å²) in [4.78, 5) is 15.2. The van der Waals surface area contributed by atoms with E-state index in [1.165, 1.54) is 4.31 Å². The third-order valence-electron chi connectivity index (χ3n) is 5.62. The molecule has 4 rings (SSSR count). The van der Waals surface area contributed by atoms with Crippen molar-refractivity contribution in [2.45, 2.75) is 25.2 Å². The first-order valence-corrected chi connectivity index (χ1v) is 11.8. The van der Waals surface area contributed by atoms with Crippen molar-refractivity contribution in [3.8, 4) is 5.69 Å². The van der Waals surface area contributed by atoms with E-state index < -0.39 is 10.0 Å². The zero-order valence-electron chi connectivity index (χ0n) is 17.7. The number of hydrogen-bond donors (Lipinski definition) is 0. The van der Waals surface area contributed by atoms with E-state index in [1.54, 1.807) is 40.0 Å². The molecule has 1 amide bonds. The highest BCUT2D eigenvalue weighted by molar-refractivity contribution is 7.89. The number of aromatic nitrogens is 2. The second-order valence-corrected chi connectivity index (χ2v) is 9.55. The first-order chi connectivity index (χ1) is 14.9. The molecule has 1 aromatic heterocycles. The SMILES string of the molecule is CCc1c(C(=O)N2CCN(S(=O)(=O)c3ccc(C)cc3)CC2)cnn1-c1ccccc1. The van der Waals surface area contributed by atoms with Crippen LogP contribution in [0, 0.1) is 6.92 Å². The Morgan fingerprint density at radius 2 is 1.61 bits per heavy atom. The van der Waals surface area contributed by atoms with Gasteiger partial charge in [0.25, 0.3) is 5.91 Å².